The molecule has 0 radical (unpaired) electrons. The van der Waals surface area contributed by atoms with Gasteiger partial charge in [-0.05, 0) is 19.3 Å². The Morgan fingerprint density at radius 3 is 2.13 bits per heavy atom. The van der Waals surface area contributed by atoms with Crippen LogP contribution < -0.4 is 0 Å². The third kappa shape index (κ3) is 2.75. The van der Waals surface area contributed by atoms with Crippen molar-refractivity contribution in [3.63, 3.8) is 0 Å². The molecule has 0 heterocycles. The Kier molecular flexibility index (Phi) is 4.21. The van der Waals surface area contributed by atoms with Crippen LogP contribution in [-0.2, 0) is 4.79 Å². The molecule has 0 aromatic rings. The van der Waals surface area contributed by atoms with Crippen LogP contribution in [0.5, 0.6) is 0 Å². The highest BCUT2D eigenvalue weighted by atomic mass is 16.4. The van der Waals surface area contributed by atoms with Crippen molar-refractivity contribution in [2.75, 3.05) is 6.61 Å². The molecular weight excluding hydrogens is 200 g/mol. The SMILES string of the molecule is CC(=O)C[C@@H]1C[C@H](CO)[C@@H](O)[C@H](O)[C@H]1O. The summed E-state index contributed by atoms with van der Waals surface area (Å²) >= 11 is 0. The number of aliphatic hydroxyl groups excluding tert-OH is 4. The third-order valence-corrected chi connectivity index (χ3v) is 3.06. The Balaban J connectivity index is 2.69. The minimum atomic E-state index is -1.28. The Bertz CT molecular complexity index is 228. The minimum Gasteiger partial charge on any atom is -0.396 e. The van der Waals surface area contributed by atoms with Gasteiger partial charge in [-0.1, -0.05) is 0 Å². The molecule has 0 aliphatic heterocycles. The van der Waals surface area contributed by atoms with Gasteiger partial charge in [0.2, 0.25) is 0 Å². The van der Waals surface area contributed by atoms with Crippen LogP contribution in [0.1, 0.15) is 19.8 Å². The van der Waals surface area contributed by atoms with Crippen LogP contribution >= 0.6 is 0 Å². The van der Waals surface area contributed by atoms with Gasteiger partial charge < -0.3 is 25.2 Å². The standard InChI is InChI=1S/C10H18O5/c1-5(12)2-6-3-7(4-11)9(14)10(15)8(6)13/h6-11,13-15H,2-4H2,1H3/t6-,7-,8+,9-,10-/m1/s1. The highest BCUT2D eigenvalue weighted by Gasteiger charge is 2.42. The zero-order valence-corrected chi connectivity index (χ0v) is 8.71. The summed E-state index contributed by atoms with van der Waals surface area (Å²) in [5.41, 5.74) is 0. The van der Waals surface area contributed by atoms with Gasteiger partial charge in [-0.2, -0.15) is 0 Å². The second kappa shape index (κ2) is 5.03. The number of Topliss-reactive ketones (excluding diaryl/α,β-unsaturated/α-hetero) is 1. The zero-order valence-electron chi connectivity index (χ0n) is 8.71. The summed E-state index contributed by atoms with van der Waals surface area (Å²) in [7, 11) is 0. The molecule has 4 N–H and O–H groups in total. The molecule has 0 spiro atoms. The highest BCUT2D eigenvalue weighted by molar-refractivity contribution is 5.75. The average molecular weight is 218 g/mol. The zero-order chi connectivity index (χ0) is 11.6. The van der Waals surface area contributed by atoms with E-state index in [0.29, 0.717) is 6.42 Å². The normalized spacial score (nSPS) is 41.5. The van der Waals surface area contributed by atoms with Gasteiger partial charge in [-0.3, -0.25) is 0 Å². The van der Waals surface area contributed by atoms with Gasteiger partial charge in [-0.15, -0.1) is 0 Å². The van der Waals surface area contributed by atoms with E-state index in [1.54, 1.807) is 0 Å². The van der Waals surface area contributed by atoms with E-state index in [-0.39, 0.29) is 24.7 Å². The molecule has 1 rings (SSSR count). The fourth-order valence-corrected chi connectivity index (χ4v) is 2.18. The van der Waals surface area contributed by atoms with E-state index < -0.39 is 24.2 Å². The maximum Gasteiger partial charge on any atom is 0.130 e. The van der Waals surface area contributed by atoms with Crippen LogP contribution in [0.15, 0.2) is 0 Å². The molecule has 0 saturated heterocycles. The van der Waals surface area contributed by atoms with Crippen molar-refractivity contribution in [2.45, 2.75) is 38.1 Å². The molecule has 1 aliphatic carbocycles. The molecule has 1 aliphatic rings. The molecule has 0 aromatic carbocycles. The molecule has 5 heteroatoms. The number of hydrogen-bond acceptors (Lipinski definition) is 5. The molecular formula is C10H18O5. The summed E-state index contributed by atoms with van der Waals surface area (Å²) in [5.74, 6) is -0.912. The largest absolute Gasteiger partial charge is 0.396 e. The molecule has 5 nitrogen and oxygen atoms in total. The Labute approximate surface area is 88.4 Å². The van der Waals surface area contributed by atoms with Gasteiger partial charge in [0.25, 0.3) is 0 Å². The number of hydrogen-bond donors (Lipinski definition) is 4. The van der Waals surface area contributed by atoms with Gasteiger partial charge in [0.05, 0.1) is 12.2 Å². The predicted octanol–water partition coefficient (Wildman–Crippen LogP) is -1.32. The molecule has 1 saturated carbocycles. The average Bonchev–Trinajstić information content (AvgIpc) is 2.18. The van der Waals surface area contributed by atoms with E-state index in [4.69, 9.17) is 5.11 Å². The summed E-state index contributed by atoms with van der Waals surface area (Å²) < 4.78 is 0. The van der Waals surface area contributed by atoms with Crippen molar-refractivity contribution < 1.29 is 25.2 Å². The minimum absolute atomic E-state index is 0.0701. The van der Waals surface area contributed by atoms with E-state index in [1.165, 1.54) is 6.92 Å². The molecule has 88 valence electrons. The fourth-order valence-electron chi connectivity index (χ4n) is 2.18. The Morgan fingerprint density at radius 2 is 1.67 bits per heavy atom. The van der Waals surface area contributed by atoms with Crippen molar-refractivity contribution in [1.82, 2.24) is 0 Å². The van der Waals surface area contributed by atoms with Crippen molar-refractivity contribution in [3.8, 4) is 0 Å². The van der Waals surface area contributed by atoms with Crippen molar-refractivity contribution >= 4 is 5.78 Å². The van der Waals surface area contributed by atoms with Crippen LogP contribution in [0.25, 0.3) is 0 Å². The lowest BCUT2D eigenvalue weighted by Gasteiger charge is -2.39. The first-order chi connectivity index (χ1) is 6.97. The molecule has 15 heavy (non-hydrogen) atoms. The van der Waals surface area contributed by atoms with Crippen LogP contribution in [0, 0.1) is 11.8 Å². The molecule has 0 bridgehead atoms. The first-order valence-corrected chi connectivity index (χ1v) is 5.11. The van der Waals surface area contributed by atoms with E-state index in [1.807, 2.05) is 0 Å². The van der Waals surface area contributed by atoms with E-state index >= 15 is 0 Å². The maximum atomic E-state index is 10.9. The van der Waals surface area contributed by atoms with Crippen molar-refractivity contribution in [1.29, 1.82) is 0 Å². The lowest BCUT2D eigenvalue weighted by Crippen LogP contribution is -2.52. The van der Waals surface area contributed by atoms with E-state index in [0.717, 1.165) is 0 Å². The van der Waals surface area contributed by atoms with Gasteiger partial charge in [0, 0.05) is 18.9 Å². The monoisotopic (exact) mass is 218 g/mol. The number of carbonyl (C=O) groups excluding carboxylic acids is 1. The maximum absolute atomic E-state index is 10.9. The third-order valence-electron chi connectivity index (χ3n) is 3.06. The van der Waals surface area contributed by atoms with Crippen LogP contribution in [0.2, 0.25) is 0 Å². The van der Waals surface area contributed by atoms with Gasteiger partial charge in [0.15, 0.2) is 0 Å². The lowest BCUT2D eigenvalue weighted by atomic mass is 9.74. The van der Waals surface area contributed by atoms with Crippen molar-refractivity contribution in [2.24, 2.45) is 11.8 Å². The van der Waals surface area contributed by atoms with Crippen LogP contribution in [0.3, 0.4) is 0 Å². The number of carbonyl (C=O) groups is 1. The summed E-state index contributed by atoms with van der Waals surface area (Å²) in [5, 5.41) is 37.6. The summed E-state index contributed by atoms with van der Waals surface area (Å²) in [6.45, 7) is 1.16. The first-order valence-electron chi connectivity index (χ1n) is 5.11. The lowest BCUT2D eigenvalue weighted by molar-refractivity contribution is -0.147. The predicted molar refractivity (Wildman–Crippen MR) is 52.0 cm³/mol. The topological polar surface area (TPSA) is 98.0 Å². The second-order valence-electron chi connectivity index (χ2n) is 4.32. The molecule has 0 amide bonds. The summed E-state index contributed by atoms with van der Waals surface area (Å²) in [4.78, 5) is 10.9. The Hall–Kier alpha value is -0.490. The van der Waals surface area contributed by atoms with Gasteiger partial charge >= 0.3 is 0 Å². The second-order valence-corrected chi connectivity index (χ2v) is 4.32. The Morgan fingerprint density at radius 1 is 1.13 bits per heavy atom. The quantitative estimate of drug-likeness (QED) is 0.471. The summed E-state index contributed by atoms with van der Waals surface area (Å²) in [6.07, 6.45) is -2.96. The fraction of sp³-hybridized carbons (Fsp3) is 0.900. The van der Waals surface area contributed by atoms with Crippen LogP contribution in [-0.4, -0.2) is 51.1 Å². The molecule has 1 fully saturated rings. The number of aliphatic hydroxyl groups is 4. The van der Waals surface area contributed by atoms with E-state index in [9.17, 15) is 20.1 Å². The molecule has 0 aromatic heterocycles. The van der Waals surface area contributed by atoms with Crippen molar-refractivity contribution in [3.05, 3.63) is 0 Å². The molecule has 5 atom stereocenters. The van der Waals surface area contributed by atoms with Gasteiger partial charge in [-0.25, -0.2) is 0 Å². The van der Waals surface area contributed by atoms with Crippen LogP contribution in [0.4, 0.5) is 0 Å². The first kappa shape index (κ1) is 12.6. The smallest absolute Gasteiger partial charge is 0.130 e. The van der Waals surface area contributed by atoms with E-state index in [2.05, 4.69) is 0 Å². The van der Waals surface area contributed by atoms with Gasteiger partial charge in [0.1, 0.15) is 11.9 Å². The molecule has 0 unspecified atom stereocenters. The number of rotatable bonds is 3. The summed E-state index contributed by atoms with van der Waals surface area (Å²) in [6, 6.07) is 0. The highest BCUT2D eigenvalue weighted by Crippen LogP contribution is 2.32. The number of ketones is 1.